The van der Waals surface area contributed by atoms with Gasteiger partial charge < -0.3 is 9.84 Å². The van der Waals surface area contributed by atoms with E-state index >= 15 is 0 Å². The third-order valence-electron chi connectivity index (χ3n) is 3.06. The van der Waals surface area contributed by atoms with Gasteiger partial charge in [-0.3, -0.25) is 0 Å². The molecule has 0 atom stereocenters. The topological polar surface area (TPSA) is 46.5 Å². The fraction of sp³-hybridized carbons (Fsp3) is 0.235. The van der Waals surface area contributed by atoms with Crippen molar-refractivity contribution in [3.8, 4) is 5.75 Å². The lowest BCUT2D eigenvalue weighted by Gasteiger charge is -2.10. The van der Waals surface area contributed by atoms with Crippen molar-refractivity contribution in [3.05, 3.63) is 59.2 Å². The Morgan fingerprint density at radius 2 is 1.95 bits per heavy atom. The molecule has 0 spiro atoms. The second kappa shape index (κ2) is 7.18. The van der Waals surface area contributed by atoms with E-state index < -0.39 is 5.97 Å². The van der Waals surface area contributed by atoms with Gasteiger partial charge in [-0.1, -0.05) is 24.3 Å². The molecule has 0 heterocycles. The van der Waals surface area contributed by atoms with Crippen LogP contribution in [0.1, 0.15) is 21.5 Å². The molecule has 0 unspecified atom stereocenters. The van der Waals surface area contributed by atoms with Crippen molar-refractivity contribution in [1.82, 2.24) is 0 Å². The Kier molecular flexibility index (Phi) is 5.28. The number of ether oxygens (including phenoxy) is 1. The zero-order chi connectivity index (χ0) is 15.2. The Labute approximate surface area is 129 Å². The number of thioether (sulfide) groups is 1. The molecule has 2 rings (SSSR count). The van der Waals surface area contributed by atoms with E-state index in [2.05, 4.69) is 6.07 Å². The highest BCUT2D eigenvalue weighted by atomic mass is 32.2. The van der Waals surface area contributed by atoms with Crippen molar-refractivity contribution >= 4 is 17.7 Å². The first-order valence-corrected chi connectivity index (χ1v) is 7.71. The fourth-order valence-electron chi connectivity index (χ4n) is 1.94. The summed E-state index contributed by atoms with van der Waals surface area (Å²) in [5.41, 5.74) is 2.62. The second-order valence-corrected chi connectivity index (χ2v) is 5.90. The van der Waals surface area contributed by atoms with Gasteiger partial charge in [0.15, 0.2) is 0 Å². The summed E-state index contributed by atoms with van der Waals surface area (Å²) >= 11 is 1.50. The maximum absolute atomic E-state index is 11.1. The molecule has 0 aromatic heterocycles. The molecule has 0 saturated heterocycles. The van der Waals surface area contributed by atoms with E-state index in [1.807, 2.05) is 38.1 Å². The van der Waals surface area contributed by atoms with Gasteiger partial charge in [-0.25, -0.2) is 4.79 Å². The molecular formula is C17H18O3S. The lowest BCUT2D eigenvalue weighted by Crippen LogP contribution is -2.03. The van der Waals surface area contributed by atoms with E-state index in [-0.39, 0.29) is 0 Å². The minimum absolute atomic E-state index is 0.342. The average molecular weight is 302 g/mol. The number of carbonyl (C=O) groups is 1. The van der Waals surface area contributed by atoms with Gasteiger partial charge in [0, 0.05) is 10.6 Å². The summed E-state index contributed by atoms with van der Waals surface area (Å²) in [5.74, 6) is 0.702. The molecule has 4 heteroatoms. The first kappa shape index (κ1) is 15.4. The molecule has 1 N–H and O–H groups in total. The Morgan fingerprint density at radius 3 is 2.71 bits per heavy atom. The van der Waals surface area contributed by atoms with Gasteiger partial charge in [0.25, 0.3) is 0 Å². The number of carboxylic acid groups (broad SMARTS) is 1. The Hall–Kier alpha value is -1.94. The molecule has 0 aliphatic carbocycles. The summed E-state index contributed by atoms with van der Waals surface area (Å²) < 4.78 is 5.77. The molecule has 0 saturated carbocycles. The summed E-state index contributed by atoms with van der Waals surface area (Å²) in [4.78, 5) is 11.9. The van der Waals surface area contributed by atoms with Gasteiger partial charge in [0.05, 0.1) is 12.2 Å². The van der Waals surface area contributed by atoms with Gasteiger partial charge in [-0.05, 0) is 43.2 Å². The van der Waals surface area contributed by atoms with Crippen LogP contribution in [0.3, 0.4) is 0 Å². The molecule has 0 aliphatic rings. The summed E-state index contributed by atoms with van der Waals surface area (Å²) in [6, 6.07) is 13.1. The van der Waals surface area contributed by atoms with E-state index in [0.717, 1.165) is 16.2 Å². The highest BCUT2D eigenvalue weighted by Gasteiger charge is 2.09. The predicted octanol–water partition coefficient (Wildman–Crippen LogP) is 4.17. The number of benzene rings is 2. The average Bonchev–Trinajstić information content (AvgIpc) is 2.47. The van der Waals surface area contributed by atoms with E-state index in [1.54, 1.807) is 12.1 Å². The maximum Gasteiger partial charge on any atom is 0.336 e. The van der Waals surface area contributed by atoms with E-state index in [4.69, 9.17) is 9.84 Å². The molecule has 0 fully saturated rings. The van der Waals surface area contributed by atoms with Crippen molar-refractivity contribution in [3.63, 3.8) is 0 Å². The van der Waals surface area contributed by atoms with Gasteiger partial charge in [-0.15, -0.1) is 11.8 Å². The molecular weight excluding hydrogens is 284 g/mol. The van der Waals surface area contributed by atoms with Crippen LogP contribution in [0.4, 0.5) is 0 Å². The highest BCUT2D eigenvalue weighted by molar-refractivity contribution is 7.99. The van der Waals surface area contributed by atoms with Gasteiger partial charge in [-0.2, -0.15) is 0 Å². The number of carboxylic acids is 1. The molecule has 2 aromatic carbocycles. The van der Waals surface area contributed by atoms with Crippen LogP contribution >= 0.6 is 11.8 Å². The van der Waals surface area contributed by atoms with Gasteiger partial charge in [0.2, 0.25) is 0 Å². The molecule has 110 valence electrons. The van der Waals surface area contributed by atoms with Crippen molar-refractivity contribution in [2.24, 2.45) is 0 Å². The third-order valence-corrected chi connectivity index (χ3v) is 4.10. The number of rotatable bonds is 6. The normalized spacial score (nSPS) is 10.4. The van der Waals surface area contributed by atoms with Crippen LogP contribution in [-0.2, 0) is 0 Å². The molecule has 2 aromatic rings. The van der Waals surface area contributed by atoms with E-state index in [1.165, 1.54) is 17.3 Å². The van der Waals surface area contributed by atoms with Crippen LogP contribution in [0.2, 0.25) is 0 Å². The minimum atomic E-state index is -0.895. The molecule has 0 radical (unpaired) electrons. The van der Waals surface area contributed by atoms with Gasteiger partial charge >= 0.3 is 5.97 Å². The molecule has 0 aliphatic heterocycles. The summed E-state index contributed by atoms with van der Waals surface area (Å²) in [5, 5.41) is 9.12. The number of hydrogen-bond acceptors (Lipinski definition) is 3. The summed E-state index contributed by atoms with van der Waals surface area (Å²) in [7, 11) is 0. The van der Waals surface area contributed by atoms with Crippen molar-refractivity contribution in [2.45, 2.75) is 18.7 Å². The van der Waals surface area contributed by atoms with Crippen LogP contribution in [-0.4, -0.2) is 23.4 Å². The standard InChI is InChI=1S/C17H18O3S/c1-12-7-8-13(2)15(11-12)20-9-10-21-16-6-4-3-5-14(16)17(18)19/h3-8,11H,9-10H2,1-2H3,(H,18,19). The maximum atomic E-state index is 11.1. The summed E-state index contributed by atoms with van der Waals surface area (Å²) in [6.45, 7) is 4.59. The number of aryl methyl sites for hydroxylation is 2. The Morgan fingerprint density at radius 1 is 1.19 bits per heavy atom. The Balaban J connectivity index is 1.91. The monoisotopic (exact) mass is 302 g/mol. The predicted molar refractivity (Wildman–Crippen MR) is 85.5 cm³/mol. The molecule has 21 heavy (non-hydrogen) atoms. The Bertz CT molecular complexity index is 638. The SMILES string of the molecule is Cc1ccc(C)c(OCCSc2ccccc2C(=O)O)c1. The summed E-state index contributed by atoms with van der Waals surface area (Å²) in [6.07, 6.45) is 0. The quantitative estimate of drug-likeness (QED) is 0.642. The first-order chi connectivity index (χ1) is 10.1. The lowest BCUT2D eigenvalue weighted by molar-refractivity contribution is 0.0693. The molecule has 0 amide bonds. The zero-order valence-corrected chi connectivity index (χ0v) is 12.9. The largest absolute Gasteiger partial charge is 0.492 e. The first-order valence-electron chi connectivity index (χ1n) is 6.73. The van der Waals surface area contributed by atoms with Crippen molar-refractivity contribution in [2.75, 3.05) is 12.4 Å². The third kappa shape index (κ3) is 4.26. The van der Waals surface area contributed by atoms with Crippen LogP contribution in [0.5, 0.6) is 5.75 Å². The van der Waals surface area contributed by atoms with Crippen molar-refractivity contribution in [1.29, 1.82) is 0 Å². The molecule has 3 nitrogen and oxygen atoms in total. The second-order valence-electron chi connectivity index (χ2n) is 4.77. The number of aromatic carboxylic acids is 1. The fourth-order valence-corrected chi connectivity index (χ4v) is 2.81. The van der Waals surface area contributed by atoms with E-state index in [0.29, 0.717) is 17.9 Å². The van der Waals surface area contributed by atoms with Crippen LogP contribution < -0.4 is 4.74 Å². The van der Waals surface area contributed by atoms with Crippen LogP contribution in [0.15, 0.2) is 47.4 Å². The van der Waals surface area contributed by atoms with Crippen molar-refractivity contribution < 1.29 is 14.6 Å². The van der Waals surface area contributed by atoms with Crippen LogP contribution in [0, 0.1) is 13.8 Å². The van der Waals surface area contributed by atoms with Crippen LogP contribution in [0.25, 0.3) is 0 Å². The minimum Gasteiger partial charge on any atom is -0.492 e. The lowest BCUT2D eigenvalue weighted by atomic mass is 10.1. The van der Waals surface area contributed by atoms with Gasteiger partial charge in [0.1, 0.15) is 5.75 Å². The zero-order valence-electron chi connectivity index (χ0n) is 12.1. The smallest absolute Gasteiger partial charge is 0.336 e. The molecule has 0 bridgehead atoms. The number of hydrogen-bond donors (Lipinski definition) is 1. The van der Waals surface area contributed by atoms with E-state index in [9.17, 15) is 4.79 Å². The highest BCUT2D eigenvalue weighted by Crippen LogP contribution is 2.24.